The van der Waals surface area contributed by atoms with Crippen molar-refractivity contribution in [1.29, 1.82) is 0 Å². The van der Waals surface area contributed by atoms with Crippen LogP contribution in [0.2, 0.25) is 0 Å². The number of hydrogen-bond donors (Lipinski definition) is 1. The molecule has 30 heavy (non-hydrogen) atoms. The first-order valence-electron chi connectivity index (χ1n) is 9.70. The molecule has 2 heterocycles. The third kappa shape index (κ3) is 4.23. The normalized spacial score (nSPS) is 11.2. The van der Waals surface area contributed by atoms with Crippen molar-refractivity contribution in [3.8, 4) is 5.75 Å². The summed E-state index contributed by atoms with van der Waals surface area (Å²) in [5, 5.41) is 10.3. The highest BCUT2D eigenvalue weighted by atomic mass is 32.2. The van der Waals surface area contributed by atoms with Gasteiger partial charge in [-0.05, 0) is 43.0 Å². The summed E-state index contributed by atoms with van der Waals surface area (Å²) in [5.41, 5.74) is 2.54. The van der Waals surface area contributed by atoms with Crippen LogP contribution in [-0.4, -0.2) is 44.9 Å². The van der Waals surface area contributed by atoms with E-state index in [2.05, 4.69) is 32.5 Å². The van der Waals surface area contributed by atoms with Gasteiger partial charge in [-0.15, -0.1) is 5.10 Å². The number of carbonyl (C=O) groups is 1. The Hall–Kier alpha value is -3.13. The Kier molecular flexibility index (Phi) is 5.85. The molecule has 1 N–H and O–H groups in total. The number of carbonyl (C=O) groups excluding carboxylic acids is 1. The van der Waals surface area contributed by atoms with Crippen LogP contribution in [0, 0.1) is 13.8 Å². The minimum absolute atomic E-state index is 0.0744. The molecule has 0 fully saturated rings. The number of rotatable bonds is 7. The Balaban J connectivity index is 1.34. The molecule has 0 saturated heterocycles. The van der Waals surface area contributed by atoms with Gasteiger partial charge in [0.1, 0.15) is 12.4 Å². The Morgan fingerprint density at radius 3 is 2.73 bits per heavy atom. The van der Waals surface area contributed by atoms with Crippen LogP contribution in [0.15, 0.2) is 47.6 Å². The van der Waals surface area contributed by atoms with Crippen LogP contribution in [0.1, 0.15) is 17.0 Å². The van der Waals surface area contributed by atoms with Gasteiger partial charge in [0.25, 0.3) is 5.78 Å². The second-order valence-electron chi connectivity index (χ2n) is 6.96. The van der Waals surface area contributed by atoms with Gasteiger partial charge in [0.2, 0.25) is 11.1 Å². The van der Waals surface area contributed by atoms with Gasteiger partial charge in [0.15, 0.2) is 0 Å². The average molecular weight is 422 g/mol. The zero-order chi connectivity index (χ0) is 21.1. The second kappa shape index (κ2) is 8.71. The molecule has 0 aliphatic rings. The maximum absolute atomic E-state index is 12.5. The van der Waals surface area contributed by atoms with E-state index in [4.69, 9.17) is 4.74 Å². The number of thioether (sulfide) groups is 1. The van der Waals surface area contributed by atoms with E-state index in [0.717, 1.165) is 28.1 Å². The maximum Gasteiger partial charge on any atom is 0.253 e. The fourth-order valence-electron chi connectivity index (χ4n) is 3.37. The van der Waals surface area contributed by atoms with Crippen molar-refractivity contribution >= 4 is 34.2 Å². The van der Waals surface area contributed by atoms with Gasteiger partial charge < -0.3 is 10.1 Å². The van der Waals surface area contributed by atoms with Gasteiger partial charge in [-0.3, -0.25) is 4.79 Å². The number of nitrogens with zero attached hydrogens (tertiary/aromatic N) is 4. The summed E-state index contributed by atoms with van der Waals surface area (Å²) >= 11 is 1.46. The van der Waals surface area contributed by atoms with E-state index in [1.165, 1.54) is 17.1 Å². The van der Waals surface area contributed by atoms with E-state index in [1.54, 1.807) is 4.52 Å². The van der Waals surface area contributed by atoms with Gasteiger partial charge in [0.05, 0.1) is 13.0 Å². The molecule has 2 aromatic heterocycles. The first-order valence-corrected chi connectivity index (χ1v) is 10.9. The lowest BCUT2D eigenvalue weighted by molar-refractivity contribution is -0.120. The predicted molar refractivity (Wildman–Crippen MR) is 118 cm³/mol. The van der Waals surface area contributed by atoms with E-state index in [1.807, 2.05) is 50.4 Å². The quantitative estimate of drug-likeness (QED) is 0.364. The van der Waals surface area contributed by atoms with Crippen molar-refractivity contribution in [2.45, 2.75) is 25.4 Å². The Bertz CT molecular complexity index is 1220. The molecular formula is C22H23N5O2S. The van der Waals surface area contributed by atoms with Crippen LogP contribution in [0.5, 0.6) is 5.75 Å². The maximum atomic E-state index is 12.5. The SMILES string of the molecule is CSc1nc2nc(C)c(CC(=O)NCCOc3ccc4ccccc4c3)c(C)n2n1. The molecule has 0 saturated carbocycles. The number of fused-ring (bicyclic) bond motifs is 2. The lowest BCUT2D eigenvalue weighted by Gasteiger charge is -2.11. The van der Waals surface area contributed by atoms with Gasteiger partial charge in [-0.25, -0.2) is 9.50 Å². The molecule has 0 aliphatic heterocycles. The predicted octanol–water partition coefficient (Wildman–Crippen LogP) is 3.35. The molecule has 2 aromatic carbocycles. The lowest BCUT2D eigenvalue weighted by Crippen LogP contribution is -2.30. The van der Waals surface area contributed by atoms with E-state index < -0.39 is 0 Å². The highest BCUT2D eigenvalue weighted by Crippen LogP contribution is 2.20. The summed E-state index contributed by atoms with van der Waals surface area (Å²) in [4.78, 5) is 21.3. The lowest BCUT2D eigenvalue weighted by atomic mass is 10.1. The van der Waals surface area contributed by atoms with E-state index in [-0.39, 0.29) is 12.3 Å². The van der Waals surface area contributed by atoms with Gasteiger partial charge in [-0.2, -0.15) is 4.98 Å². The fraction of sp³-hybridized carbons (Fsp3) is 0.273. The molecule has 0 atom stereocenters. The number of amides is 1. The van der Waals surface area contributed by atoms with Crippen LogP contribution in [-0.2, 0) is 11.2 Å². The fourth-order valence-corrected chi connectivity index (χ4v) is 3.71. The highest BCUT2D eigenvalue weighted by molar-refractivity contribution is 7.98. The zero-order valence-corrected chi connectivity index (χ0v) is 18.0. The topological polar surface area (TPSA) is 81.4 Å². The summed E-state index contributed by atoms with van der Waals surface area (Å²) in [7, 11) is 0. The van der Waals surface area contributed by atoms with Crippen molar-refractivity contribution in [3.63, 3.8) is 0 Å². The van der Waals surface area contributed by atoms with E-state index in [9.17, 15) is 4.79 Å². The van der Waals surface area contributed by atoms with Crippen LogP contribution in [0.25, 0.3) is 16.6 Å². The molecule has 0 aliphatic carbocycles. The minimum Gasteiger partial charge on any atom is -0.492 e. The Morgan fingerprint density at radius 2 is 1.93 bits per heavy atom. The first-order chi connectivity index (χ1) is 14.5. The van der Waals surface area contributed by atoms with Crippen LogP contribution < -0.4 is 10.1 Å². The molecule has 4 rings (SSSR count). The van der Waals surface area contributed by atoms with E-state index in [0.29, 0.717) is 24.1 Å². The Labute approximate surface area is 178 Å². The van der Waals surface area contributed by atoms with Crippen molar-refractivity contribution < 1.29 is 9.53 Å². The number of benzene rings is 2. The third-order valence-electron chi connectivity index (χ3n) is 4.96. The zero-order valence-electron chi connectivity index (χ0n) is 17.2. The molecule has 0 unspecified atom stereocenters. The number of aryl methyl sites for hydroxylation is 2. The van der Waals surface area contributed by atoms with Crippen LogP contribution in [0.4, 0.5) is 0 Å². The van der Waals surface area contributed by atoms with Gasteiger partial charge in [-0.1, -0.05) is 42.1 Å². The van der Waals surface area contributed by atoms with Crippen molar-refractivity contribution in [1.82, 2.24) is 24.9 Å². The second-order valence-corrected chi connectivity index (χ2v) is 7.73. The molecule has 0 radical (unpaired) electrons. The average Bonchev–Trinajstić information content (AvgIpc) is 3.17. The standard InChI is InChI=1S/C22H23N5O2S/c1-14-19(15(2)27-21(24-14)25-22(26-27)30-3)13-20(28)23-10-11-29-18-9-8-16-6-4-5-7-17(16)12-18/h4-9,12H,10-11,13H2,1-3H3,(H,23,28). The van der Waals surface area contributed by atoms with Crippen molar-refractivity contribution in [2.24, 2.45) is 0 Å². The largest absolute Gasteiger partial charge is 0.492 e. The van der Waals surface area contributed by atoms with Gasteiger partial charge in [0, 0.05) is 17.0 Å². The Morgan fingerprint density at radius 1 is 1.13 bits per heavy atom. The monoisotopic (exact) mass is 421 g/mol. The summed E-state index contributed by atoms with van der Waals surface area (Å²) < 4.78 is 7.48. The molecular weight excluding hydrogens is 398 g/mol. The van der Waals surface area contributed by atoms with Crippen LogP contribution in [0.3, 0.4) is 0 Å². The number of aromatic nitrogens is 4. The number of nitrogens with one attached hydrogen (secondary N) is 1. The molecule has 1 amide bonds. The smallest absolute Gasteiger partial charge is 0.253 e. The third-order valence-corrected chi connectivity index (χ3v) is 5.50. The summed E-state index contributed by atoms with van der Waals surface area (Å²) in [6.45, 7) is 4.66. The molecule has 0 bridgehead atoms. The first kappa shape index (κ1) is 20.2. The highest BCUT2D eigenvalue weighted by Gasteiger charge is 2.15. The molecule has 154 valence electrons. The number of ether oxygens (including phenoxy) is 1. The molecule has 7 nitrogen and oxygen atoms in total. The molecule has 4 aromatic rings. The number of hydrogen-bond acceptors (Lipinski definition) is 6. The summed E-state index contributed by atoms with van der Waals surface area (Å²) in [5.74, 6) is 1.28. The molecule has 0 spiro atoms. The van der Waals surface area contributed by atoms with Crippen molar-refractivity contribution in [2.75, 3.05) is 19.4 Å². The van der Waals surface area contributed by atoms with Gasteiger partial charge >= 0.3 is 0 Å². The van der Waals surface area contributed by atoms with E-state index >= 15 is 0 Å². The minimum atomic E-state index is -0.0744. The van der Waals surface area contributed by atoms with Crippen LogP contribution >= 0.6 is 11.8 Å². The van der Waals surface area contributed by atoms with Crippen molar-refractivity contribution in [3.05, 3.63) is 59.4 Å². The molecule has 8 heteroatoms. The summed E-state index contributed by atoms with van der Waals surface area (Å²) in [6, 6.07) is 14.1. The summed E-state index contributed by atoms with van der Waals surface area (Å²) in [6.07, 6.45) is 2.16.